The van der Waals surface area contributed by atoms with Gasteiger partial charge in [0, 0.05) is 33.4 Å². The Balaban J connectivity index is 0.00000441. The van der Waals surface area contributed by atoms with Gasteiger partial charge >= 0.3 is 0 Å². The minimum Gasteiger partial charge on any atom is -0.383 e. The van der Waals surface area contributed by atoms with E-state index in [1.54, 1.807) is 7.11 Å². The van der Waals surface area contributed by atoms with Crippen LogP contribution in [0.25, 0.3) is 0 Å². The first-order valence-corrected chi connectivity index (χ1v) is 6.46. The molecule has 0 bridgehead atoms. The van der Waals surface area contributed by atoms with Crippen LogP contribution >= 0.6 is 12.4 Å². The van der Waals surface area contributed by atoms with Gasteiger partial charge in [0.2, 0.25) is 5.91 Å². The quantitative estimate of drug-likeness (QED) is 0.734. The molecule has 0 unspecified atom stereocenters. The molecule has 0 radical (unpaired) electrons. The van der Waals surface area contributed by atoms with Crippen LogP contribution in [0.1, 0.15) is 10.4 Å². The molecule has 2 amide bonds. The van der Waals surface area contributed by atoms with Gasteiger partial charge in [0.05, 0.1) is 18.7 Å². The minimum atomic E-state index is -0.620. The minimum absolute atomic E-state index is 0. The van der Waals surface area contributed by atoms with Gasteiger partial charge in [-0.25, -0.2) is 4.39 Å². The van der Waals surface area contributed by atoms with E-state index in [9.17, 15) is 14.0 Å². The van der Waals surface area contributed by atoms with Crippen molar-refractivity contribution in [3.8, 4) is 0 Å². The van der Waals surface area contributed by atoms with E-state index in [1.807, 2.05) is 0 Å². The molecule has 2 N–H and O–H groups in total. The van der Waals surface area contributed by atoms with Crippen LogP contribution in [0.5, 0.6) is 0 Å². The Bertz CT molecular complexity index is 512. The predicted molar refractivity (Wildman–Crippen MR) is 85.0 cm³/mol. The van der Waals surface area contributed by atoms with Gasteiger partial charge < -0.3 is 20.3 Å². The molecule has 124 valence electrons. The smallest absolute Gasteiger partial charge is 0.256 e. The summed E-state index contributed by atoms with van der Waals surface area (Å²) in [5.74, 6) is -1.35. The summed E-state index contributed by atoms with van der Waals surface area (Å²) in [6.45, 7) is 1.17. The van der Waals surface area contributed by atoms with Crippen molar-refractivity contribution in [2.75, 3.05) is 46.2 Å². The van der Waals surface area contributed by atoms with E-state index in [4.69, 9.17) is 4.74 Å². The van der Waals surface area contributed by atoms with Crippen LogP contribution < -0.4 is 10.6 Å². The third-order valence-electron chi connectivity index (χ3n) is 2.66. The molecular weight excluding hydrogens is 313 g/mol. The zero-order chi connectivity index (χ0) is 15.8. The number of carbonyl (C=O) groups is 2. The number of ether oxygens (including phenoxy) is 1. The summed E-state index contributed by atoms with van der Waals surface area (Å²) in [6, 6.07) is 3.89. The summed E-state index contributed by atoms with van der Waals surface area (Å²) in [6.07, 6.45) is 0. The fourth-order valence-electron chi connectivity index (χ4n) is 1.59. The van der Waals surface area contributed by atoms with Gasteiger partial charge in [-0.3, -0.25) is 9.59 Å². The second-order valence-corrected chi connectivity index (χ2v) is 4.61. The van der Waals surface area contributed by atoms with Crippen molar-refractivity contribution in [3.63, 3.8) is 0 Å². The number of hydrogen-bond donors (Lipinski definition) is 2. The number of halogens is 2. The van der Waals surface area contributed by atoms with Gasteiger partial charge in [-0.05, 0) is 18.2 Å². The highest BCUT2D eigenvalue weighted by molar-refractivity contribution is 5.97. The standard InChI is InChI=1S/C14H20FN3O3.ClH/c1-18(2)14(20)11-8-10(4-5-12(11)15)17-13(19)9-16-6-7-21-3;/h4-5,8,16H,6-7,9H2,1-3H3,(H,17,19);1H. The van der Waals surface area contributed by atoms with Crippen molar-refractivity contribution >= 4 is 29.9 Å². The molecule has 0 saturated heterocycles. The summed E-state index contributed by atoms with van der Waals surface area (Å²) in [4.78, 5) is 24.7. The number of amides is 2. The van der Waals surface area contributed by atoms with E-state index in [0.29, 0.717) is 18.8 Å². The molecule has 1 aromatic rings. The number of hydrogen-bond acceptors (Lipinski definition) is 4. The van der Waals surface area contributed by atoms with Gasteiger partial charge in [-0.1, -0.05) is 0 Å². The summed E-state index contributed by atoms with van der Waals surface area (Å²) < 4.78 is 18.5. The molecule has 0 aliphatic rings. The van der Waals surface area contributed by atoms with E-state index < -0.39 is 11.7 Å². The predicted octanol–water partition coefficient (Wildman–Crippen LogP) is 1.12. The summed E-state index contributed by atoms with van der Waals surface area (Å²) in [5.41, 5.74) is 0.297. The van der Waals surface area contributed by atoms with E-state index >= 15 is 0 Å². The molecule has 0 saturated carbocycles. The normalized spacial score (nSPS) is 9.82. The summed E-state index contributed by atoms with van der Waals surface area (Å²) in [7, 11) is 4.64. The maximum Gasteiger partial charge on any atom is 0.256 e. The molecule has 1 aromatic carbocycles. The Labute approximate surface area is 135 Å². The molecule has 22 heavy (non-hydrogen) atoms. The Morgan fingerprint density at radius 3 is 2.59 bits per heavy atom. The van der Waals surface area contributed by atoms with Crippen LogP contribution in [-0.2, 0) is 9.53 Å². The molecule has 0 atom stereocenters. The molecule has 6 nitrogen and oxygen atoms in total. The van der Waals surface area contributed by atoms with Crippen molar-refractivity contribution in [2.24, 2.45) is 0 Å². The van der Waals surface area contributed by atoms with E-state index in [2.05, 4.69) is 10.6 Å². The topological polar surface area (TPSA) is 70.7 Å². The molecule has 1 rings (SSSR count). The Morgan fingerprint density at radius 2 is 2.00 bits per heavy atom. The first kappa shape index (κ1) is 20.3. The van der Waals surface area contributed by atoms with Gasteiger partial charge in [0.15, 0.2) is 0 Å². The molecule has 0 heterocycles. The van der Waals surface area contributed by atoms with E-state index in [-0.39, 0.29) is 30.4 Å². The second kappa shape index (κ2) is 10.1. The lowest BCUT2D eigenvalue weighted by Gasteiger charge is -2.12. The number of nitrogens with zero attached hydrogens (tertiary/aromatic N) is 1. The van der Waals surface area contributed by atoms with Gasteiger partial charge in [-0.2, -0.15) is 0 Å². The van der Waals surface area contributed by atoms with Crippen molar-refractivity contribution in [1.29, 1.82) is 0 Å². The van der Waals surface area contributed by atoms with Crippen LogP contribution in [-0.4, -0.2) is 57.6 Å². The second-order valence-electron chi connectivity index (χ2n) is 4.61. The van der Waals surface area contributed by atoms with Crippen LogP contribution in [0.2, 0.25) is 0 Å². The Hall–Kier alpha value is -1.70. The van der Waals surface area contributed by atoms with Crippen molar-refractivity contribution in [3.05, 3.63) is 29.6 Å². The SMILES string of the molecule is COCCNCC(=O)Nc1ccc(F)c(C(=O)N(C)C)c1.Cl. The third-order valence-corrected chi connectivity index (χ3v) is 2.66. The molecule has 0 aliphatic carbocycles. The number of rotatable bonds is 7. The molecule has 8 heteroatoms. The molecule has 0 aromatic heterocycles. The zero-order valence-corrected chi connectivity index (χ0v) is 13.6. The number of benzene rings is 1. The average Bonchev–Trinajstić information content (AvgIpc) is 2.45. The molecule has 0 fully saturated rings. The lowest BCUT2D eigenvalue weighted by molar-refractivity contribution is -0.115. The van der Waals surface area contributed by atoms with Gasteiger partial charge in [0.25, 0.3) is 5.91 Å². The summed E-state index contributed by atoms with van der Waals surface area (Å²) in [5, 5.41) is 5.49. The molecular formula is C14H21ClFN3O3. The number of nitrogens with one attached hydrogen (secondary N) is 2. The van der Waals surface area contributed by atoms with Gasteiger partial charge in [0.1, 0.15) is 5.82 Å². The van der Waals surface area contributed by atoms with E-state index in [1.165, 1.54) is 31.1 Å². The number of methoxy groups -OCH3 is 1. The van der Waals surface area contributed by atoms with Crippen molar-refractivity contribution in [2.45, 2.75) is 0 Å². The lowest BCUT2D eigenvalue weighted by atomic mass is 10.1. The third kappa shape index (κ3) is 6.38. The van der Waals surface area contributed by atoms with Crippen LogP contribution in [0.3, 0.4) is 0 Å². The average molecular weight is 334 g/mol. The Morgan fingerprint density at radius 1 is 1.32 bits per heavy atom. The zero-order valence-electron chi connectivity index (χ0n) is 12.8. The van der Waals surface area contributed by atoms with Crippen molar-refractivity contribution in [1.82, 2.24) is 10.2 Å². The van der Waals surface area contributed by atoms with Crippen LogP contribution in [0.15, 0.2) is 18.2 Å². The first-order valence-electron chi connectivity index (χ1n) is 6.46. The highest BCUT2D eigenvalue weighted by Crippen LogP contribution is 2.16. The lowest BCUT2D eigenvalue weighted by Crippen LogP contribution is -2.30. The van der Waals surface area contributed by atoms with Crippen molar-refractivity contribution < 1.29 is 18.7 Å². The number of carbonyl (C=O) groups excluding carboxylic acids is 2. The largest absolute Gasteiger partial charge is 0.383 e. The summed E-state index contributed by atoms with van der Waals surface area (Å²) >= 11 is 0. The fraction of sp³-hybridized carbons (Fsp3) is 0.429. The molecule has 0 spiro atoms. The van der Waals surface area contributed by atoms with E-state index in [0.717, 1.165) is 6.07 Å². The highest BCUT2D eigenvalue weighted by atomic mass is 35.5. The number of anilines is 1. The van der Waals surface area contributed by atoms with Crippen LogP contribution in [0.4, 0.5) is 10.1 Å². The maximum atomic E-state index is 13.6. The fourth-order valence-corrected chi connectivity index (χ4v) is 1.59. The first-order chi connectivity index (χ1) is 9.95. The highest BCUT2D eigenvalue weighted by Gasteiger charge is 2.15. The molecule has 0 aliphatic heterocycles. The van der Waals surface area contributed by atoms with Gasteiger partial charge in [-0.15, -0.1) is 12.4 Å². The Kier molecular flexibility index (Phi) is 9.32. The monoisotopic (exact) mass is 333 g/mol. The maximum absolute atomic E-state index is 13.6. The van der Waals surface area contributed by atoms with Crippen LogP contribution in [0, 0.1) is 5.82 Å².